The van der Waals surface area contributed by atoms with E-state index in [2.05, 4.69) is 37.4 Å². The Bertz CT molecular complexity index is 481. The van der Waals surface area contributed by atoms with Crippen LogP contribution >= 0.6 is 0 Å². The van der Waals surface area contributed by atoms with Crippen molar-refractivity contribution in [1.29, 1.82) is 0 Å². The number of fused-ring (bicyclic) bond motifs is 1. The van der Waals surface area contributed by atoms with E-state index in [1.54, 1.807) is 0 Å². The number of hydrogen-bond donors (Lipinski definition) is 1. The third-order valence-corrected chi connectivity index (χ3v) is 4.67. The lowest BCUT2D eigenvalue weighted by Gasteiger charge is -2.40. The second kappa shape index (κ2) is 4.97. The van der Waals surface area contributed by atoms with Crippen molar-refractivity contribution in [3.05, 3.63) is 29.8 Å². The summed E-state index contributed by atoms with van der Waals surface area (Å²) in [6.07, 6.45) is 2.15. The van der Waals surface area contributed by atoms with Gasteiger partial charge in [0.2, 0.25) is 5.91 Å². The second-order valence-electron chi connectivity index (χ2n) is 5.93. The molecule has 0 bridgehead atoms. The molecule has 2 atom stereocenters. The molecule has 1 amide bonds. The zero-order valence-corrected chi connectivity index (χ0v) is 11.7. The Kier molecular flexibility index (Phi) is 3.31. The highest BCUT2D eigenvalue weighted by Crippen LogP contribution is 2.33. The molecule has 1 saturated heterocycles. The fourth-order valence-electron chi connectivity index (χ4n) is 3.11. The first kappa shape index (κ1) is 12.7. The van der Waals surface area contributed by atoms with Gasteiger partial charge < -0.3 is 10.2 Å². The molecule has 3 heteroatoms. The second-order valence-corrected chi connectivity index (χ2v) is 5.93. The molecule has 1 aromatic rings. The van der Waals surface area contributed by atoms with Gasteiger partial charge in [0.1, 0.15) is 0 Å². The number of benzene rings is 1. The first-order valence-electron chi connectivity index (χ1n) is 7.30. The average molecular weight is 258 g/mol. The van der Waals surface area contributed by atoms with E-state index in [9.17, 15) is 4.79 Å². The van der Waals surface area contributed by atoms with Crippen LogP contribution in [0, 0.1) is 11.8 Å². The number of nitrogens with zero attached hydrogens (tertiary/aromatic N) is 1. The van der Waals surface area contributed by atoms with Crippen molar-refractivity contribution in [2.75, 3.05) is 18.0 Å². The van der Waals surface area contributed by atoms with Crippen molar-refractivity contribution in [2.45, 2.75) is 32.7 Å². The van der Waals surface area contributed by atoms with Crippen molar-refractivity contribution in [2.24, 2.45) is 11.8 Å². The largest absolute Gasteiger partial charge is 0.316 e. The summed E-state index contributed by atoms with van der Waals surface area (Å²) in [6.45, 7) is 6.21. The van der Waals surface area contributed by atoms with E-state index in [-0.39, 0.29) is 5.92 Å². The zero-order valence-electron chi connectivity index (χ0n) is 11.7. The number of carbonyl (C=O) groups is 1. The summed E-state index contributed by atoms with van der Waals surface area (Å²) in [5, 5.41) is 3.26. The summed E-state index contributed by atoms with van der Waals surface area (Å²) in [5.74, 6) is 0.926. The van der Waals surface area contributed by atoms with E-state index in [4.69, 9.17) is 0 Å². The first-order valence-corrected chi connectivity index (χ1v) is 7.30. The van der Waals surface area contributed by atoms with Crippen molar-refractivity contribution in [3.63, 3.8) is 0 Å². The van der Waals surface area contributed by atoms with Gasteiger partial charge in [0, 0.05) is 17.6 Å². The number of nitrogens with one attached hydrogen (secondary N) is 1. The van der Waals surface area contributed by atoms with Crippen LogP contribution in [-0.2, 0) is 11.2 Å². The lowest BCUT2D eigenvalue weighted by atomic mass is 9.86. The Balaban J connectivity index is 1.88. The van der Waals surface area contributed by atoms with Gasteiger partial charge in [-0.05, 0) is 50.4 Å². The Morgan fingerprint density at radius 1 is 1.37 bits per heavy atom. The molecular formula is C16H22N2O. The summed E-state index contributed by atoms with van der Waals surface area (Å²) in [5.41, 5.74) is 2.44. The Morgan fingerprint density at radius 3 is 2.79 bits per heavy atom. The van der Waals surface area contributed by atoms with Crippen LogP contribution < -0.4 is 10.2 Å². The molecule has 0 aliphatic carbocycles. The molecule has 0 spiro atoms. The number of aryl methyl sites for hydroxylation is 1. The smallest absolute Gasteiger partial charge is 0.230 e. The number of para-hydroxylation sites is 1. The highest BCUT2D eigenvalue weighted by atomic mass is 16.2. The van der Waals surface area contributed by atoms with Crippen molar-refractivity contribution in [1.82, 2.24) is 5.32 Å². The summed E-state index contributed by atoms with van der Waals surface area (Å²) in [4.78, 5) is 14.8. The third kappa shape index (κ3) is 2.16. The van der Waals surface area contributed by atoms with Crippen LogP contribution in [0.2, 0.25) is 0 Å². The molecule has 102 valence electrons. The van der Waals surface area contributed by atoms with Gasteiger partial charge in [-0.15, -0.1) is 0 Å². The Morgan fingerprint density at radius 2 is 2.11 bits per heavy atom. The monoisotopic (exact) mass is 258 g/mol. The molecule has 1 aromatic carbocycles. The predicted octanol–water partition coefficient (Wildman–Crippen LogP) is 2.21. The van der Waals surface area contributed by atoms with E-state index in [1.807, 2.05) is 11.0 Å². The van der Waals surface area contributed by atoms with E-state index in [1.165, 1.54) is 5.56 Å². The molecule has 1 N–H and O–H groups in total. The lowest BCUT2D eigenvalue weighted by molar-refractivity contribution is -0.124. The fourth-order valence-corrected chi connectivity index (χ4v) is 3.11. The number of hydrogen-bond acceptors (Lipinski definition) is 2. The maximum absolute atomic E-state index is 12.8. The van der Waals surface area contributed by atoms with E-state index in [0.717, 1.165) is 31.6 Å². The lowest BCUT2D eigenvalue weighted by Crippen LogP contribution is -2.53. The van der Waals surface area contributed by atoms with Crippen molar-refractivity contribution < 1.29 is 4.79 Å². The van der Waals surface area contributed by atoms with Gasteiger partial charge >= 0.3 is 0 Å². The number of anilines is 1. The topological polar surface area (TPSA) is 32.3 Å². The van der Waals surface area contributed by atoms with Gasteiger partial charge in [0.05, 0.1) is 0 Å². The third-order valence-electron chi connectivity index (χ3n) is 4.67. The zero-order chi connectivity index (χ0) is 13.4. The summed E-state index contributed by atoms with van der Waals surface area (Å²) < 4.78 is 0. The maximum atomic E-state index is 12.8. The fraction of sp³-hybridized carbons (Fsp3) is 0.562. The molecular weight excluding hydrogens is 236 g/mol. The first-order chi connectivity index (χ1) is 9.18. The minimum Gasteiger partial charge on any atom is -0.316 e. The van der Waals surface area contributed by atoms with Gasteiger partial charge in [0.15, 0.2) is 0 Å². The normalized spacial score (nSPS) is 24.5. The highest BCUT2D eigenvalue weighted by molar-refractivity contribution is 5.96. The van der Waals surface area contributed by atoms with Crippen LogP contribution in [0.3, 0.4) is 0 Å². The molecule has 0 aromatic heterocycles. The SMILES string of the molecule is CC(C(=O)N1c2ccccc2CCC1C)C1CNC1. The van der Waals surface area contributed by atoms with Gasteiger partial charge in [-0.3, -0.25) is 4.79 Å². The van der Waals surface area contributed by atoms with E-state index < -0.39 is 0 Å². The van der Waals surface area contributed by atoms with Crippen molar-refractivity contribution >= 4 is 11.6 Å². The van der Waals surface area contributed by atoms with Crippen LogP contribution in [-0.4, -0.2) is 25.0 Å². The van der Waals surface area contributed by atoms with E-state index in [0.29, 0.717) is 17.9 Å². The van der Waals surface area contributed by atoms with E-state index >= 15 is 0 Å². The highest BCUT2D eigenvalue weighted by Gasteiger charge is 2.35. The molecule has 0 radical (unpaired) electrons. The van der Waals surface area contributed by atoms with Gasteiger partial charge in [-0.1, -0.05) is 25.1 Å². The summed E-state index contributed by atoms with van der Waals surface area (Å²) >= 11 is 0. The molecule has 2 heterocycles. The number of amides is 1. The average Bonchev–Trinajstić information content (AvgIpc) is 2.36. The predicted molar refractivity (Wildman–Crippen MR) is 77.2 cm³/mol. The number of carbonyl (C=O) groups excluding carboxylic acids is 1. The van der Waals surface area contributed by atoms with Crippen LogP contribution in [0.5, 0.6) is 0 Å². The quantitative estimate of drug-likeness (QED) is 0.882. The minimum atomic E-state index is 0.120. The molecule has 2 aliphatic rings. The molecule has 19 heavy (non-hydrogen) atoms. The Labute approximate surface area is 115 Å². The Hall–Kier alpha value is -1.35. The minimum absolute atomic E-state index is 0.120. The molecule has 3 nitrogen and oxygen atoms in total. The summed E-state index contributed by atoms with van der Waals surface area (Å²) in [7, 11) is 0. The van der Waals surface area contributed by atoms with Crippen LogP contribution in [0.1, 0.15) is 25.8 Å². The van der Waals surface area contributed by atoms with Crippen molar-refractivity contribution in [3.8, 4) is 0 Å². The van der Waals surface area contributed by atoms with Gasteiger partial charge in [0.25, 0.3) is 0 Å². The van der Waals surface area contributed by atoms with Gasteiger partial charge in [-0.25, -0.2) is 0 Å². The molecule has 2 unspecified atom stereocenters. The van der Waals surface area contributed by atoms with Gasteiger partial charge in [-0.2, -0.15) is 0 Å². The standard InChI is InChI=1S/C16H22N2O/c1-11-7-8-13-5-3-4-6-15(13)18(11)16(19)12(2)14-9-17-10-14/h3-6,11-12,14,17H,7-10H2,1-2H3. The maximum Gasteiger partial charge on any atom is 0.230 e. The van der Waals surface area contributed by atoms with Crippen LogP contribution in [0.25, 0.3) is 0 Å². The van der Waals surface area contributed by atoms with Crippen LogP contribution in [0.15, 0.2) is 24.3 Å². The molecule has 2 aliphatic heterocycles. The summed E-state index contributed by atoms with van der Waals surface area (Å²) in [6, 6.07) is 8.66. The molecule has 3 rings (SSSR count). The van der Waals surface area contributed by atoms with Crippen LogP contribution in [0.4, 0.5) is 5.69 Å². The number of rotatable bonds is 2. The molecule has 0 saturated carbocycles. The molecule has 1 fully saturated rings.